The highest BCUT2D eigenvalue weighted by Crippen LogP contribution is 2.34. The van der Waals surface area contributed by atoms with E-state index in [2.05, 4.69) is 0 Å². The Kier molecular flexibility index (Phi) is 4.04. The van der Waals surface area contributed by atoms with Crippen LogP contribution < -0.4 is 0 Å². The number of hydrogen-bond donors (Lipinski definition) is 1. The number of hydrogen-bond acceptors (Lipinski definition) is 3. The number of sulfonamides is 1. The second-order valence-electron chi connectivity index (χ2n) is 4.51. The minimum Gasteiger partial charge on any atom is -0.478 e. The van der Waals surface area contributed by atoms with Crippen molar-refractivity contribution >= 4 is 27.6 Å². The van der Waals surface area contributed by atoms with Crippen LogP contribution in [0.4, 0.5) is 4.39 Å². The van der Waals surface area contributed by atoms with Crippen molar-refractivity contribution in [2.24, 2.45) is 0 Å². The molecule has 1 aliphatic rings. The molecule has 20 heavy (non-hydrogen) atoms. The molecule has 1 aliphatic carbocycles. The molecule has 110 valence electrons. The summed E-state index contributed by atoms with van der Waals surface area (Å²) in [7, 11) is -4.09. The molecule has 0 spiro atoms. The minimum absolute atomic E-state index is 0.130. The van der Waals surface area contributed by atoms with Crippen molar-refractivity contribution in [2.45, 2.75) is 30.7 Å². The monoisotopic (exact) mass is 321 g/mol. The normalized spacial score (nSPS) is 15.6. The lowest BCUT2D eigenvalue weighted by Gasteiger charge is -2.20. The fourth-order valence-electron chi connectivity index (χ4n) is 2.02. The zero-order valence-electron chi connectivity index (χ0n) is 10.6. The fraction of sp³-hybridized carbons (Fsp3) is 0.417. The van der Waals surface area contributed by atoms with E-state index in [1.165, 1.54) is 4.31 Å². The molecule has 8 heteroatoms. The summed E-state index contributed by atoms with van der Waals surface area (Å²) in [5, 5.41) is 8.76. The maximum absolute atomic E-state index is 14.1. The summed E-state index contributed by atoms with van der Waals surface area (Å²) in [5.74, 6) is -2.84. The van der Waals surface area contributed by atoms with Crippen molar-refractivity contribution in [1.82, 2.24) is 4.31 Å². The maximum Gasteiger partial charge on any atom is 0.338 e. The third-order valence-corrected chi connectivity index (χ3v) is 5.33. The van der Waals surface area contributed by atoms with Crippen LogP contribution in [0.5, 0.6) is 0 Å². The van der Waals surface area contributed by atoms with Crippen molar-refractivity contribution in [3.8, 4) is 0 Å². The molecule has 1 aromatic carbocycles. The van der Waals surface area contributed by atoms with Crippen molar-refractivity contribution in [2.75, 3.05) is 6.54 Å². The molecule has 2 rings (SSSR count). The van der Waals surface area contributed by atoms with Gasteiger partial charge in [0, 0.05) is 17.6 Å². The standard InChI is InChI=1S/C12H13ClFNO4S/c1-2-15(8-3-4-8)20(18,19)10-6-7(13)5-9(11(10)14)12(16)17/h5-6,8H,2-4H2,1H3,(H,16,17). The lowest BCUT2D eigenvalue weighted by atomic mass is 10.2. The van der Waals surface area contributed by atoms with Gasteiger partial charge in [-0.3, -0.25) is 0 Å². The number of nitrogens with zero attached hydrogens (tertiary/aromatic N) is 1. The van der Waals surface area contributed by atoms with Gasteiger partial charge in [-0.25, -0.2) is 17.6 Å². The van der Waals surface area contributed by atoms with E-state index >= 15 is 0 Å². The van der Waals surface area contributed by atoms with Gasteiger partial charge < -0.3 is 5.11 Å². The van der Waals surface area contributed by atoms with Crippen molar-refractivity contribution in [1.29, 1.82) is 0 Å². The lowest BCUT2D eigenvalue weighted by molar-refractivity contribution is 0.0691. The first-order valence-electron chi connectivity index (χ1n) is 6.03. The van der Waals surface area contributed by atoms with Gasteiger partial charge >= 0.3 is 5.97 Å². The second-order valence-corrected chi connectivity index (χ2v) is 6.81. The fourth-order valence-corrected chi connectivity index (χ4v) is 4.11. The SMILES string of the molecule is CCN(C1CC1)S(=O)(=O)c1cc(Cl)cc(C(=O)O)c1F. The number of aromatic carboxylic acids is 1. The van der Waals surface area contributed by atoms with Gasteiger partial charge in [0.25, 0.3) is 0 Å². The van der Waals surface area contributed by atoms with Crippen LogP contribution in [0.25, 0.3) is 0 Å². The predicted octanol–water partition coefficient (Wildman–Crippen LogP) is 2.35. The average Bonchev–Trinajstić information content (AvgIpc) is 3.16. The van der Waals surface area contributed by atoms with Crippen LogP contribution in [0.2, 0.25) is 5.02 Å². The van der Waals surface area contributed by atoms with E-state index in [9.17, 15) is 17.6 Å². The molecule has 1 saturated carbocycles. The summed E-state index contributed by atoms with van der Waals surface area (Å²) in [5.41, 5.74) is -0.747. The smallest absolute Gasteiger partial charge is 0.338 e. The molecule has 0 saturated heterocycles. The highest BCUT2D eigenvalue weighted by molar-refractivity contribution is 7.89. The van der Waals surface area contributed by atoms with E-state index in [0.29, 0.717) is 0 Å². The summed E-state index contributed by atoms with van der Waals surface area (Å²) in [6.07, 6.45) is 1.45. The number of carboxylic acid groups (broad SMARTS) is 1. The van der Waals surface area contributed by atoms with Crippen molar-refractivity contribution in [3.05, 3.63) is 28.5 Å². The topological polar surface area (TPSA) is 74.7 Å². The summed E-state index contributed by atoms with van der Waals surface area (Å²) < 4.78 is 40.2. The molecule has 1 aromatic rings. The average molecular weight is 322 g/mol. The van der Waals surface area contributed by atoms with Gasteiger partial charge in [0.05, 0.1) is 5.56 Å². The number of benzene rings is 1. The first-order valence-corrected chi connectivity index (χ1v) is 7.85. The summed E-state index contributed by atoms with van der Waals surface area (Å²) in [4.78, 5) is 10.2. The number of carboxylic acids is 1. The molecule has 5 nitrogen and oxygen atoms in total. The van der Waals surface area contributed by atoms with Gasteiger partial charge in [0.1, 0.15) is 4.90 Å². The number of rotatable bonds is 5. The maximum atomic E-state index is 14.1. The Labute approximate surface area is 121 Å². The van der Waals surface area contributed by atoms with Crippen LogP contribution in [-0.4, -0.2) is 36.4 Å². The van der Waals surface area contributed by atoms with Gasteiger partial charge in [-0.1, -0.05) is 18.5 Å². The summed E-state index contributed by atoms with van der Waals surface area (Å²) in [6.45, 7) is 1.85. The molecular formula is C12H13ClFNO4S. The second kappa shape index (κ2) is 5.31. The highest BCUT2D eigenvalue weighted by Gasteiger charge is 2.39. The molecule has 1 N–H and O–H groups in total. The third kappa shape index (κ3) is 2.65. The first-order chi connectivity index (χ1) is 9.28. The van der Waals surface area contributed by atoms with Gasteiger partial charge in [0.15, 0.2) is 5.82 Å². The molecule has 1 fully saturated rings. The third-order valence-electron chi connectivity index (χ3n) is 3.09. The quantitative estimate of drug-likeness (QED) is 0.903. The molecule has 0 heterocycles. The van der Waals surface area contributed by atoms with Gasteiger partial charge in [-0.15, -0.1) is 0 Å². The highest BCUT2D eigenvalue weighted by atomic mass is 35.5. The Morgan fingerprint density at radius 2 is 2.10 bits per heavy atom. The lowest BCUT2D eigenvalue weighted by Crippen LogP contribution is -2.33. The summed E-state index contributed by atoms with van der Waals surface area (Å²) >= 11 is 5.70. The van der Waals surface area contributed by atoms with Crippen LogP contribution in [0, 0.1) is 5.82 Å². The molecular weight excluding hydrogens is 309 g/mol. The summed E-state index contributed by atoms with van der Waals surface area (Å²) in [6, 6.07) is 1.70. The molecule has 0 atom stereocenters. The Bertz CT molecular complexity index is 658. The molecule has 0 aliphatic heterocycles. The first kappa shape index (κ1) is 15.2. The van der Waals surface area contributed by atoms with Crippen LogP contribution in [0.3, 0.4) is 0 Å². The molecule has 0 amide bonds. The van der Waals surface area contributed by atoms with E-state index in [1.807, 2.05) is 0 Å². The van der Waals surface area contributed by atoms with Gasteiger partial charge in [0.2, 0.25) is 10.0 Å². The Hall–Kier alpha value is -1.18. The van der Waals surface area contributed by atoms with E-state index < -0.39 is 32.3 Å². The Morgan fingerprint density at radius 3 is 2.55 bits per heavy atom. The van der Waals surface area contributed by atoms with E-state index in [-0.39, 0.29) is 17.6 Å². The van der Waals surface area contributed by atoms with Crippen LogP contribution in [0.15, 0.2) is 17.0 Å². The molecule has 0 radical (unpaired) electrons. The van der Waals surface area contributed by atoms with Crippen LogP contribution in [-0.2, 0) is 10.0 Å². The van der Waals surface area contributed by atoms with Crippen molar-refractivity contribution < 1.29 is 22.7 Å². The number of halogens is 2. The largest absolute Gasteiger partial charge is 0.478 e. The Morgan fingerprint density at radius 1 is 1.50 bits per heavy atom. The van der Waals surface area contributed by atoms with Gasteiger partial charge in [-0.05, 0) is 25.0 Å². The van der Waals surface area contributed by atoms with E-state index in [4.69, 9.17) is 16.7 Å². The minimum atomic E-state index is -4.09. The number of carbonyl (C=O) groups is 1. The van der Waals surface area contributed by atoms with E-state index in [1.54, 1.807) is 6.92 Å². The van der Waals surface area contributed by atoms with Crippen LogP contribution >= 0.6 is 11.6 Å². The van der Waals surface area contributed by atoms with Crippen LogP contribution in [0.1, 0.15) is 30.1 Å². The Balaban J connectivity index is 2.59. The molecule has 0 unspecified atom stereocenters. The van der Waals surface area contributed by atoms with E-state index in [0.717, 1.165) is 25.0 Å². The zero-order chi connectivity index (χ0) is 15.1. The zero-order valence-corrected chi connectivity index (χ0v) is 12.2. The van der Waals surface area contributed by atoms with Gasteiger partial charge in [-0.2, -0.15) is 4.31 Å². The molecule has 0 aromatic heterocycles. The molecule has 0 bridgehead atoms. The van der Waals surface area contributed by atoms with Crippen molar-refractivity contribution in [3.63, 3.8) is 0 Å². The predicted molar refractivity (Wildman–Crippen MR) is 71.0 cm³/mol.